The number of aromatic nitrogens is 2. The summed E-state index contributed by atoms with van der Waals surface area (Å²) in [4.78, 5) is 17.6. The van der Waals surface area contributed by atoms with Crippen LogP contribution in [0.25, 0.3) is 11.0 Å². The predicted molar refractivity (Wildman–Crippen MR) is 49.9 cm³/mol. The van der Waals surface area contributed by atoms with Gasteiger partial charge in [0, 0.05) is 17.1 Å². The Morgan fingerprint density at radius 3 is 2.69 bits per heavy atom. The van der Waals surface area contributed by atoms with Crippen LogP contribution >= 0.6 is 0 Å². The van der Waals surface area contributed by atoms with Crippen LogP contribution in [0.2, 0.25) is 0 Å². The van der Waals surface area contributed by atoms with Gasteiger partial charge in [-0.15, -0.1) is 0 Å². The highest BCUT2D eigenvalue weighted by atomic mass is 19.4. The maximum atomic E-state index is 12.5. The standard InChI is InChI=1S/C10H5F3N2O/c11-10(12,13)8-7(5-16)4-6-2-1-3-14-9(6)15-8/h1-5H. The van der Waals surface area contributed by atoms with Crippen LogP contribution in [0.4, 0.5) is 13.2 Å². The average Bonchev–Trinajstić information content (AvgIpc) is 2.26. The molecule has 0 fully saturated rings. The van der Waals surface area contributed by atoms with Gasteiger partial charge >= 0.3 is 6.18 Å². The van der Waals surface area contributed by atoms with Crippen LogP contribution in [0, 0.1) is 0 Å². The summed E-state index contributed by atoms with van der Waals surface area (Å²) in [6.07, 6.45) is -3.17. The van der Waals surface area contributed by atoms with E-state index in [0.29, 0.717) is 5.39 Å². The fraction of sp³-hybridized carbons (Fsp3) is 0.100. The van der Waals surface area contributed by atoms with E-state index < -0.39 is 17.4 Å². The highest BCUT2D eigenvalue weighted by molar-refractivity contribution is 5.85. The lowest BCUT2D eigenvalue weighted by atomic mass is 10.1. The molecular weight excluding hydrogens is 221 g/mol. The number of carbonyl (C=O) groups is 1. The summed E-state index contributed by atoms with van der Waals surface area (Å²) in [5, 5.41) is 0.401. The molecule has 0 bridgehead atoms. The molecule has 0 aliphatic carbocycles. The number of hydrogen-bond donors (Lipinski definition) is 0. The van der Waals surface area contributed by atoms with E-state index >= 15 is 0 Å². The quantitative estimate of drug-likeness (QED) is 0.701. The molecule has 2 aromatic rings. The molecule has 0 unspecified atom stereocenters. The van der Waals surface area contributed by atoms with Gasteiger partial charge in [-0.25, -0.2) is 9.97 Å². The van der Waals surface area contributed by atoms with Crippen molar-refractivity contribution in [3.8, 4) is 0 Å². The predicted octanol–water partition coefficient (Wildman–Crippen LogP) is 2.46. The Balaban J connectivity index is 2.77. The van der Waals surface area contributed by atoms with Crippen LogP contribution in [0.15, 0.2) is 24.4 Å². The maximum Gasteiger partial charge on any atom is 0.434 e. The van der Waals surface area contributed by atoms with Crippen molar-refractivity contribution in [1.29, 1.82) is 0 Å². The average molecular weight is 226 g/mol. The van der Waals surface area contributed by atoms with Crippen LogP contribution in [-0.4, -0.2) is 16.3 Å². The number of carbonyl (C=O) groups excluding carboxylic acids is 1. The zero-order chi connectivity index (χ0) is 11.8. The van der Waals surface area contributed by atoms with Gasteiger partial charge in [0.1, 0.15) is 0 Å². The highest BCUT2D eigenvalue weighted by Crippen LogP contribution is 2.31. The fourth-order valence-electron chi connectivity index (χ4n) is 1.34. The molecule has 0 aliphatic rings. The molecule has 2 rings (SSSR count). The van der Waals surface area contributed by atoms with Crippen molar-refractivity contribution in [2.75, 3.05) is 0 Å². The second-order valence-electron chi connectivity index (χ2n) is 3.09. The molecule has 0 atom stereocenters. The first-order chi connectivity index (χ1) is 7.52. The monoisotopic (exact) mass is 226 g/mol. The smallest absolute Gasteiger partial charge is 0.298 e. The number of nitrogens with zero attached hydrogens (tertiary/aromatic N) is 2. The number of fused-ring (bicyclic) bond motifs is 1. The molecular formula is C10H5F3N2O. The Morgan fingerprint density at radius 1 is 1.31 bits per heavy atom. The van der Waals surface area contributed by atoms with E-state index in [-0.39, 0.29) is 11.9 Å². The number of aldehydes is 1. The van der Waals surface area contributed by atoms with E-state index in [4.69, 9.17) is 0 Å². The molecule has 0 saturated heterocycles. The summed E-state index contributed by atoms with van der Waals surface area (Å²) in [7, 11) is 0. The number of pyridine rings is 2. The van der Waals surface area contributed by atoms with E-state index in [1.165, 1.54) is 6.20 Å². The summed E-state index contributed by atoms with van der Waals surface area (Å²) in [5.74, 6) is 0. The van der Waals surface area contributed by atoms with Gasteiger partial charge in [-0.3, -0.25) is 4.79 Å². The fourth-order valence-corrected chi connectivity index (χ4v) is 1.34. The molecule has 3 nitrogen and oxygen atoms in total. The van der Waals surface area contributed by atoms with Crippen LogP contribution in [-0.2, 0) is 6.18 Å². The number of halogens is 3. The number of hydrogen-bond acceptors (Lipinski definition) is 3. The molecule has 0 aromatic carbocycles. The van der Waals surface area contributed by atoms with Crippen molar-refractivity contribution in [2.45, 2.75) is 6.18 Å². The lowest BCUT2D eigenvalue weighted by Crippen LogP contribution is -2.12. The van der Waals surface area contributed by atoms with Gasteiger partial charge in [-0.2, -0.15) is 13.2 Å². The zero-order valence-electron chi connectivity index (χ0n) is 7.82. The summed E-state index contributed by atoms with van der Waals surface area (Å²) in [5.41, 5.74) is -1.71. The second-order valence-corrected chi connectivity index (χ2v) is 3.09. The van der Waals surface area contributed by atoms with Gasteiger partial charge in [-0.05, 0) is 18.2 Å². The minimum Gasteiger partial charge on any atom is -0.298 e. The summed E-state index contributed by atoms with van der Waals surface area (Å²) < 4.78 is 37.5. The molecule has 0 N–H and O–H groups in total. The largest absolute Gasteiger partial charge is 0.434 e. The highest BCUT2D eigenvalue weighted by Gasteiger charge is 2.35. The third kappa shape index (κ3) is 1.73. The van der Waals surface area contributed by atoms with E-state index in [2.05, 4.69) is 9.97 Å². The normalized spacial score (nSPS) is 11.7. The molecule has 82 valence electrons. The molecule has 0 saturated carbocycles. The topological polar surface area (TPSA) is 42.9 Å². The molecule has 2 heterocycles. The molecule has 6 heteroatoms. The maximum absolute atomic E-state index is 12.5. The van der Waals surface area contributed by atoms with Crippen LogP contribution in [0.5, 0.6) is 0 Å². The second kappa shape index (κ2) is 3.55. The van der Waals surface area contributed by atoms with Gasteiger partial charge in [0.25, 0.3) is 0 Å². The third-order valence-electron chi connectivity index (χ3n) is 2.01. The minimum atomic E-state index is -4.65. The molecule has 0 amide bonds. The summed E-state index contributed by atoms with van der Waals surface area (Å²) in [6.45, 7) is 0. The van der Waals surface area contributed by atoms with Gasteiger partial charge in [0.05, 0.1) is 0 Å². The molecule has 0 spiro atoms. The first-order valence-electron chi connectivity index (χ1n) is 4.30. The number of alkyl halides is 3. The van der Waals surface area contributed by atoms with Gasteiger partial charge in [0.2, 0.25) is 0 Å². The first kappa shape index (κ1) is 10.5. The van der Waals surface area contributed by atoms with Gasteiger partial charge in [-0.1, -0.05) is 0 Å². The van der Waals surface area contributed by atoms with E-state index in [1.54, 1.807) is 12.1 Å². The van der Waals surface area contributed by atoms with Gasteiger partial charge in [0.15, 0.2) is 17.6 Å². The lowest BCUT2D eigenvalue weighted by Gasteiger charge is -2.08. The van der Waals surface area contributed by atoms with Crippen molar-refractivity contribution in [1.82, 2.24) is 9.97 Å². The van der Waals surface area contributed by atoms with Crippen molar-refractivity contribution >= 4 is 17.3 Å². The molecule has 2 aromatic heterocycles. The Labute approximate surface area is 87.9 Å². The van der Waals surface area contributed by atoms with Gasteiger partial charge < -0.3 is 0 Å². The lowest BCUT2D eigenvalue weighted by molar-refractivity contribution is -0.141. The Bertz CT molecular complexity index is 551. The third-order valence-corrected chi connectivity index (χ3v) is 2.01. The van der Waals surface area contributed by atoms with Crippen LogP contribution in [0.1, 0.15) is 16.1 Å². The first-order valence-corrected chi connectivity index (χ1v) is 4.30. The minimum absolute atomic E-state index is 0.0274. The Morgan fingerprint density at radius 2 is 2.06 bits per heavy atom. The summed E-state index contributed by atoms with van der Waals surface area (Å²) in [6, 6.07) is 4.24. The van der Waals surface area contributed by atoms with Crippen LogP contribution in [0.3, 0.4) is 0 Å². The molecule has 16 heavy (non-hydrogen) atoms. The Kier molecular flexibility index (Phi) is 2.34. The van der Waals surface area contributed by atoms with E-state index in [0.717, 1.165) is 6.07 Å². The van der Waals surface area contributed by atoms with Crippen molar-refractivity contribution in [3.05, 3.63) is 35.7 Å². The van der Waals surface area contributed by atoms with E-state index in [9.17, 15) is 18.0 Å². The van der Waals surface area contributed by atoms with Crippen LogP contribution < -0.4 is 0 Å². The Hall–Kier alpha value is -1.98. The summed E-state index contributed by atoms with van der Waals surface area (Å²) >= 11 is 0. The van der Waals surface area contributed by atoms with Crippen molar-refractivity contribution < 1.29 is 18.0 Å². The zero-order valence-corrected chi connectivity index (χ0v) is 7.82. The molecule has 0 radical (unpaired) electrons. The molecule has 0 aliphatic heterocycles. The van der Waals surface area contributed by atoms with E-state index in [1.807, 2.05) is 0 Å². The van der Waals surface area contributed by atoms with Crippen molar-refractivity contribution in [2.24, 2.45) is 0 Å². The SMILES string of the molecule is O=Cc1cc2cccnc2nc1C(F)(F)F. The van der Waals surface area contributed by atoms with Crippen molar-refractivity contribution in [3.63, 3.8) is 0 Å². The number of rotatable bonds is 1.